The van der Waals surface area contributed by atoms with Crippen molar-refractivity contribution in [1.29, 1.82) is 0 Å². The molecule has 1 aliphatic rings. The molecule has 110 valence electrons. The Morgan fingerprint density at radius 3 is 2.95 bits per heavy atom. The van der Waals surface area contributed by atoms with E-state index in [9.17, 15) is 4.39 Å². The van der Waals surface area contributed by atoms with Crippen molar-refractivity contribution in [2.75, 3.05) is 13.2 Å². The molecule has 0 fully saturated rings. The topological polar surface area (TPSA) is 21.3 Å². The second kappa shape index (κ2) is 6.04. The number of nitrogens with one attached hydrogen (secondary N) is 1. The van der Waals surface area contributed by atoms with Gasteiger partial charge >= 0.3 is 0 Å². The Bertz CT molecular complexity index is 659. The molecule has 2 aromatic rings. The van der Waals surface area contributed by atoms with Crippen molar-refractivity contribution < 1.29 is 9.13 Å². The molecule has 1 unspecified atom stereocenters. The molecule has 0 bridgehead atoms. The van der Waals surface area contributed by atoms with Crippen molar-refractivity contribution in [2.24, 2.45) is 0 Å². The first-order valence-corrected chi connectivity index (χ1v) is 7.51. The molecule has 4 heteroatoms. The Labute approximate surface area is 128 Å². The van der Waals surface area contributed by atoms with E-state index in [2.05, 4.69) is 11.4 Å². The minimum absolute atomic E-state index is 0.262. The molecule has 2 aromatic carbocycles. The van der Waals surface area contributed by atoms with Crippen molar-refractivity contribution >= 4 is 11.6 Å². The quantitative estimate of drug-likeness (QED) is 0.917. The summed E-state index contributed by atoms with van der Waals surface area (Å²) >= 11 is 6.04. The average molecular weight is 306 g/mol. The predicted molar refractivity (Wildman–Crippen MR) is 82.6 cm³/mol. The van der Waals surface area contributed by atoms with Gasteiger partial charge in [0.15, 0.2) is 0 Å². The molecule has 0 saturated heterocycles. The van der Waals surface area contributed by atoms with Crippen LogP contribution in [0.4, 0.5) is 4.39 Å². The average Bonchev–Trinajstić information content (AvgIpc) is 2.96. The second-order valence-corrected chi connectivity index (χ2v) is 5.53. The van der Waals surface area contributed by atoms with Crippen molar-refractivity contribution in [2.45, 2.75) is 19.4 Å². The Hall–Kier alpha value is -1.58. The summed E-state index contributed by atoms with van der Waals surface area (Å²) in [4.78, 5) is 0. The van der Waals surface area contributed by atoms with Gasteiger partial charge in [0.05, 0.1) is 12.6 Å². The van der Waals surface area contributed by atoms with E-state index in [4.69, 9.17) is 16.3 Å². The molecule has 1 atom stereocenters. The maximum absolute atomic E-state index is 14.2. The largest absolute Gasteiger partial charge is 0.493 e. The van der Waals surface area contributed by atoms with Crippen molar-refractivity contribution in [3.8, 4) is 5.75 Å². The third-order valence-electron chi connectivity index (χ3n) is 3.73. The molecule has 0 saturated carbocycles. The summed E-state index contributed by atoms with van der Waals surface area (Å²) in [6, 6.07) is 10.4. The summed E-state index contributed by atoms with van der Waals surface area (Å²) in [5.74, 6) is 0.615. The zero-order valence-electron chi connectivity index (χ0n) is 11.8. The molecule has 0 aromatic heterocycles. The predicted octanol–water partition coefficient (Wildman–Crippen LogP) is 4.11. The normalized spacial score (nSPS) is 14.6. The molecule has 0 radical (unpaired) electrons. The summed E-state index contributed by atoms with van der Waals surface area (Å²) < 4.78 is 20.0. The fourth-order valence-electron chi connectivity index (χ4n) is 2.80. The molecule has 0 spiro atoms. The minimum Gasteiger partial charge on any atom is -0.493 e. The first kappa shape index (κ1) is 14.4. The highest BCUT2D eigenvalue weighted by molar-refractivity contribution is 6.30. The van der Waals surface area contributed by atoms with Gasteiger partial charge in [-0.25, -0.2) is 4.39 Å². The van der Waals surface area contributed by atoms with E-state index < -0.39 is 0 Å². The van der Waals surface area contributed by atoms with E-state index in [1.165, 1.54) is 11.6 Å². The molecule has 0 amide bonds. The maximum atomic E-state index is 14.2. The van der Waals surface area contributed by atoms with Crippen LogP contribution in [0.3, 0.4) is 0 Å². The van der Waals surface area contributed by atoms with Gasteiger partial charge in [-0.05, 0) is 30.3 Å². The Kier molecular flexibility index (Phi) is 4.13. The Morgan fingerprint density at radius 1 is 1.29 bits per heavy atom. The number of fused-ring (bicyclic) bond motifs is 1. The van der Waals surface area contributed by atoms with E-state index in [1.807, 2.05) is 19.1 Å². The third-order valence-corrected chi connectivity index (χ3v) is 3.97. The summed E-state index contributed by atoms with van der Waals surface area (Å²) in [7, 11) is 0. The van der Waals surface area contributed by atoms with E-state index in [0.29, 0.717) is 17.2 Å². The van der Waals surface area contributed by atoms with Gasteiger partial charge in [0.25, 0.3) is 0 Å². The lowest BCUT2D eigenvalue weighted by Crippen LogP contribution is -2.23. The summed E-state index contributed by atoms with van der Waals surface area (Å²) in [6.07, 6.45) is 0.903. The SMILES string of the molecule is CCNC(c1cc(Cl)ccc1F)c1cccc2c1OCC2. The lowest BCUT2D eigenvalue weighted by molar-refractivity contribution is 0.350. The van der Waals surface area contributed by atoms with Crippen molar-refractivity contribution in [1.82, 2.24) is 5.32 Å². The highest BCUT2D eigenvalue weighted by atomic mass is 35.5. The lowest BCUT2D eigenvalue weighted by atomic mass is 9.95. The molecular formula is C17H17ClFNO. The summed E-state index contributed by atoms with van der Waals surface area (Å²) in [5.41, 5.74) is 2.69. The first-order chi connectivity index (χ1) is 10.2. The van der Waals surface area contributed by atoms with Gasteiger partial charge in [0.2, 0.25) is 0 Å². The van der Waals surface area contributed by atoms with Crippen LogP contribution in [0.15, 0.2) is 36.4 Å². The molecule has 1 N–H and O–H groups in total. The zero-order valence-corrected chi connectivity index (χ0v) is 12.6. The van der Waals surface area contributed by atoms with Gasteiger partial charge < -0.3 is 10.1 Å². The number of halogens is 2. The Balaban J connectivity index is 2.10. The highest BCUT2D eigenvalue weighted by Gasteiger charge is 2.24. The van der Waals surface area contributed by atoms with Gasteiger partial charge in [-0.3, -0.25) is 0 Å². The van der Waals surface area contributed by atoms with Crippen molar-refractivity contribution in [3.63, 3.8) is 0 Å². The second-order valence-electron chi connectivity index (χ2n) is 5.09. The minimum atomic E-state index is -0.263. The van der Waals surface area contributed by atoms with E-state index in [1.54, 1.807) is 12.1 Å². The van der Waals surface area contributed by atoms with Gasteiger partial charge in [-0.2, -0.15) is 0 Å². The number of rotatable bonds is 4. The van der Waals surface area contributed by atoms with Crippen LogP contribution < -0.4 is 10.1 Å². The van der Waals surface area contributed by atoms with Gasteiger partial charge in [-0.1, -0.05) is 36.7 Å². The van der Waals surface area contributed by atoms with Crippen molar-refractivity contribution in [3.05, 3.63) is 63.9 Å². The van der Waals surface area contributed by atoms with Crippen LogP contribution in [-0.4, -0.2) is 13.2 Å². The Morgan fingerprint density at radius 2 is 2.14 bits per heavy atom. The van der Waals surface area contributed by atoms with E-state index in [-0.39, 0.29) is 11.9 Å². The monoisotopic (exact) mass is 305 g/mol. The van der Waals surface area contributed by atoms with E-state index >= 15 is 0 Å². The molecule has 1 heterocycles. The summed E-state index contributed by atoms with van der Waals surface area (Å²) in [5, 5.41) is 3.86. The summed E-state index contributed by atoms with van der Waals surface area (Å²) in [6.45, 7) is 3.41. The zero-order chi connectivity index (χ0) is 14.8. The lowest BCUT2D eigenvalue weighted by Gasteiger charge is -2.22. The molecule has 2 nitrogen and oxygen atoms in total. The van der Waals surface area contributed by atoms with Crippen LogP contribution in [0.25, 0.3) is 0 Å². The van der Waals surface area contributed by atoms with Gasteiger partial charge in [-0.15, -0.1) is 0 Å². The molecule has 3 rings (SSSR count). The number of benzene rings is 2. The van der Waals surface area contributed by atoms with Gasteiger partial charge in [0, 0.05) is 22.6 Å². The van der Waals surface area contributed by atoms with Crippen LogP contribution in [-0.2, 0) is 6.42 Å². The van der Waals surface area contributed by atoms with Crippen LogP contribution in [0, 0.1) is 5.82 Å². The number of para-hydroxylation sites is 1. The van der Waals surface area contributed by atoms with Gasteiger partial charge in [0.1, 0.15) is 11.6 Å². The molecule has 1 aliphatic heterocycles. The van der Waals surface area contributed by atoms with Crippen LogP contribution in [0.5, 0.6) is 5.75 Å². The standard InChI is InChI=1S/C17H17ClFNO/c1-2-20-16(14-10-12(18)6-7-15(14)19)13-5-3-4-11-8-9-21-17(11)13/h3-7,10,16,20H,2,8-9H2,1H3. The third kappa shape index (κ3) is 2.76. The molecular weight excluding hydrogens is 289 g/mol. The number of hydrogen-bond donors (Lipinski definition) is 1. The fraction of sp³-hybridized carbons (Fsp3) is 0.294. The maximum Gasteiger partial charge on any atom is 0.128 e. The van der Waals surface area contributed by atoms with Crippen LogP contribution >= 0.6 is 11.6 Å². The fourth-order valence-corrected chi connectivity index (χ4v) is 2.98. The first-order valence-electron chi connectivity index (χ1n) is 7.13. The van der Waals surface area contributed by atoms with Crippen LogP contribution in [0.2, 0.25) is 5.02 Å². The smallest absolute Gasteiger partial charge is 0.128 e. The highest BCUT2D eigenvalue weighted by Crippen LogP contribution is 2.37. The molecule has 0 aliphatic carbocycles. The number of ether oxygens (including phenoxy) is 1. The molecule has 21 heavy (non-hydrogen) atoms. The number of hydrogen-bond acceptors (Lipinski definition) is 2. The van der Waals surface area contributed by atoms with E-state index in [0.717, 1.165) is 24.3 Å². The van der Waals surface area contributed by atoms with Crippen LogP contribution in [0.1, 0.15) is 29.7 Å².